The van der Waals surface area contributed by atoms with Crippen LogP contribution in [-0.4, -0.2) is 44.1 Å². The molecule has 0 spiro atoms. The second kappa shape index (κ2) is 12.2. The van der Waals surface area contributed by atoms with Crippen molar-refractivity contribution < 1.29 is 9.53 Å². The van der Waals surface area contributed by atoms with Crippen LogP contribution in [-0.2, 0) is 4.79 Å². The van der Waals surface area contributed by atoms with Gasteiger partial charge in [0.2, 0.25) is 5.91 Å². The fourth-order valence-corrected chi connectivity index (χ4v) is 3.67. The van der Waals surface area contributed by atoms with Crippen molar-refractivity contribution in [2.45, 2.75) is 64.0 Å². The number of hydrogen-bond acceptors (Lipinski definition) is 3. The molecule has 0 radical (unpaired) electrons. The van der Waals surface area contributed by atoms with E-state index in [1.54, 1.807) is 7.05 Å². The second-order valence-corrected chi connectivity index (χ2v) is 7.95. The van der Waals surface area contributed by atoms with Crippen molar-refractivity contribution in [2.24, 2.45) is 10.9 Å². The van der Waals surface area contributed by atoms with E-state index in [1.807, 2.05) is 18.2 Å². The highest BCUT2D eigenvalue weighted by Crippen LogP contribution is 2.26. The van der Waals surface area contributed by atoms with Crippen LogP contribution < -0.4 is 20.7 Å². The van der Waals surface area contributed by atoms with E-state index in [2.05, 4.69) is 33.9 Å². The molecule has 1 aromatic rings. The Kier molecular flexibility index (Phi) is 10.0. The molecule has 2 atom stereocenters. The third-order valence-electron chi connectivity index (χ3n) is 5.50. The summed E-state index contributed by atoms with van der Waals surface area (Å²) < 4.78 is 5.83. The standard InChI is InChI=1S/C22H34N4O2.HI/c1-16-7-3-4-10-20(16)28-14-6-13-24-22(23-2)26-19-9-5-8-17(15-19)21(27)25-18-11-12-18;/h3-4,7,10,17-19H,5-6,8-9,11-15H2,1-2H3,(H,25,27)(H2,23,24,26);1H. The highest BCUT2D eigenvalue weighted by Gasteiger charge is 2.31. The maximum absolute atomic E-state index is 12.3. The van der Waals surface area contributed by atoms with Gasteiger partial charge in [0.15, 0.2) is 5.96 Å². The summed E-state index contributed by atoms with van der Waals surface area (Å²) in [5.41, 5.74) is 1.16. The number of carbonyl (C=O) groups excluding carboxylic acids is 1. The van der Waals surface area contributed by atoms with Gasteiger partial charge in [0.05, 0.1) is 6.61 Å². The molecule has 2 saturated carbocycles. The monoisotopic (exact) mass is 514 g/mol. The zero-order chi connectivity index (χ0) is 19.8. The fourth-order valence-electron chi connectivity index (χ4n) is 3.67. The molecule has 0 bridgehead atoms. The molecule has 29 heavy (non-hydrogen) atoms. The van der Waals surface area contributed by atoms with Crippen molar-refractivity contribution in [1.29, 1.82) is 0 Å². The van der Waals surface area contributed by atoms with Crippen molar-refractivity contribution >= 4 is 35.8 Å². The molecule has 162 valence electrons. The number of rotatable bonds is 8. The first-order valence-electron chi connectivity index (χ1n) is 10.6. The normalized spacial score (nSPS) is 21.7. The third-order valence-corrected chi connectivity index (χ3v) is 5.50. The van der Waals surface area contributed by atoms with Gasteiger partial charge in [-0.3, -0.25) is 9.79 Å². The van der Waals surface area contributed by atoms with Gasteiger partial charge in [-0.15, -0.1) is 24.0 Å². The van der Waals surface area contributed by atoms with Crippen molar-refractivity contribution in [3.05, 3.63) is 29.8 Å². The first-order valence-corrected chi connectivity index (χ1v) is 10.6. The van der Waals surface area contributed by atoms with Crippen LogP contribution in [0.3, 0.4) is 0 Å². The molecule has 1 amide bonds. The van der Waals surface area contributed by atoms with Crippen LogP contribution in [0.1, 0.15) is 50.5 Å². The second-order valence-electron chi connectivity index (χ2n) is 7.95. The van der Waals surface area contributed by atoms with Crippen LogP contribution in [0.2, 0.25) is 0 Å². The molecule has 7 heteroatoms. The maximum Gasteiger partial charge on any atom is 0.223 e. The summed E-state index contributed by atoms with van der Waals surface area (Å²) in [6.45, 7) is 3.52. The number of amides is 1. The summed E-state index contributed by atoms with van der Waals surface area (Å²) in [4.78, 5) is 16.7. The number of aliphatic imine (C=N–C) groups is 1. The minimum Gasteiger partial charge on any atom is -0.493 e. The van der Waals surface area contributed by atoms with Crippen LogP contribution in [0.4, 0.5) is 0 Å². The number of nitrogens with one attached hydrogen (secondary N) is 3. The van der Waals surface area contributed by atoms with Crippen molar-refractivity contribution in [3.63, 3.8) is 0 Å². The lowest BCUT2D eigenvalue weighted by atomic mass is 9.85. The quantitative estimate of drug-likeness (QED) is 0.215. The number of benzene rings is 1. The summed E-state index contributed by atoms with van der Waals surface area (Å²) in [7, 11) is 1.79. The van der Waals surface area contributed by atoms with Crippen molar-refractivity contribution in [3.8, 4) is 5.75 Å². The summed E-state index contributed by atoms with van der Waals surface area (Å²) in [6, 6.07) is 8.82. The zero-order valence-corrected chi connectivity index (χ0v) is 19.9. The topological polar surface area (TPSA) is 74.8 Å². The lowest BCUT2D eigenvalue weighted by molar-refractivity contribution is -0.126. The molecule has 0 aliphatic heterocycles. The SMILES string of the molecule is CN=C(NCCCOc1ccccc1C)NC1CCCC(C(=O)NC2CC2)C1.I. The summed E-state index contributed by atoms with van der Waals surface area (Å²) in [6.07, 6.45) is 7.24. The van der Waals surface area contributed by atoms with E-state index in [1.165, 1.54) is 0 Å². The molecular weight excluding hydrogens is 479 g/mol. The number of ether oxygens (including phenoxy) is 1. The number of aryl methyl sites for hydroxylation is 1. The Morgan fingerprint density at radius 2 is 1.93 bits per heavy atom. The average Bonchev–Trinajstić information content (AvgIpc) is 3.52. The van der Waals surface area contributed by atoms with Crippen LogP contribution >= 0.6 is 24.0 Å². The van der Waals surface area contributed by atoms with Crippen molar-refractivity contribution in [1.82, 2.24) is 16.0 Å². The highest BCUT2D eigenvalue weighted by molar-refractivity contribution is 14.0. The van der Waals surface area contributed by atoms with Crippen LogP contribution in [0.25, 0.3) is 0 Å². The van der Waals surface area contributed by atoms with E-state index < -0.39 is 0 Å². The largest absolute Gasteiger partial charge is 0.493 e. The molecule has 1 aromatic carbocycles. The molecule has 2 fully saturated rings. The number of halogens is 1. The lowest BCUT2D eigenvalue weighted by Gasteiger charge is -2.30. The van der Waals surface area contributed by atoms with E-state index in [0.717, 1.165) is 68.8 Å². The van der Waals surface area contributed by atoms with Gasteiger partial charge >= 0.3 is 0 Å². The van der Waals surface area contributed by atoms with Gasteiger partial charge < -0.3 is 20.7 Å². The van der Waals surface area contributed by atoms with Gasteiger partial charge in [-0.2, -0.15) is 0 Å². The number of guanidine groups is 1. The molecule has 2 aliphatic rings. The van der Waals surface area contributed by atoms with Crippen molar-refractivity contribution in [2.75, 3.05) is 20.2 Å². The predicted octanol–water partition coefficient (Wildman–Crippen LogP) is 3.38. The molecule has 0 aromatic heterocycles. The molecule has 6 nitrogen and oxygen atoms in total. The molecule has 0 heterocycles. The predicted molar refractivity (Wildman–Crippen MR) is 128 cm³/mol. The third kappa shape index (κ3) is 8.03. The molecule has 2 aliphatic carbocycles. The first-order chi connectivity index (χ1) is 13.7. The van der Waals surface area contributed by atoms with E-state index in [9.17, 15) is 4.79 Å². The van der Waals surface area contributed by atoms with Gasteiger partial charge in [0, 0.05) is 31.6 Å². The Bertz CT molecular complexity index is 679. The van der Waals surface area contributed by atoms with E-state index in [4.69, 9.17) is 4.74 Å². The maximum atomic E-state index is 12.3. The van der Waals surface area contributed by atoms with Crippen LogP contribution in [0, 0.1) is 12.8 Å². The Morgan fingerprint density at radius 1 is 1.14 bits per heavy atom. The average molecular weight is 514 g/mol. The van der Waals surface area contributed by atoms with E-state index >= 15 is 0 Å². The van der Waals surface area contributed by atoms with Gasteiger partial charge in [-0.25, -0.2) is 0 Å². The molecule has 0 saturated heterocycles. The van der Waals surface area contributed by atoms with Crippen LogP contribution in [0.15, 0.2) is 29.3 Å². The Balaban J connectivity index is 0.00000300. The molecular formula is C22H35IN4O2. The smallest absolute Gasteiger partial charge is 0.223 e. The number of nitrogens with zero attached hydrogens (tertiary/aromatic N) is 1. The van der Waals surface area contributed by atoms with E-state index in [-0.39, 0.29) is 35.8 Å². The summed E-state index contributed by atoms with van der Waals surface area (Å²) in [5.74, 6) is 2.13. The zero-order valence-electron chi connectivity index (χ0n) is 17.6. The number of hydrogen-bond donors (Lipinski definition) is 3. The number of para-hydroxylation sites is 1. The molecule has 3 N–H and O–H groups in total. The highest BCUT2D eigenvalue weighted by atomic mass is 127. The minimum absolute atomic E-state index is 0. The fraction of sp³-hybridized carbons (Fsp3) is 0.636. The van der Waals surface area contributed by atoms with Gasteiger partial charge in [0.1, 0.15) is 5.75 Å². The lowest BCUT2D eigenvalue weighted by Crippen LogP contribution is -2.47. The Labute approximate surface area is 191 Å². The first kappa shape index (κ1) is 23.8. The summed E-state index contributed by atoms with van der Waals surface area (Å²) >= 11 is 0. The molecule has 2 unspecified atom stereocenters. The van der Waals surface area contributed by atoms with Crippen LogP contribution in [0.5, 0.6) is 5.75 Å². The molecule has 3 rings (SSSR count). The van der Waals surface area contributed by atoms with Gasteiger partial charge in [-0.05, 0) is 57.1 Å². The van der Waals surface area contributed by atoms with Gasteiger partial charge in [-0.1, -0.05) is 24.6 Å². The Morgan fingerprint density at radius 3 is 2.66 bits per heavy atom. The number of carbonyl (C=O) groups is 1. The Hall–Kier alpha value is -1.51. The van der Waals surface area contributed by atoms with Gasteiger partial charge in [0.25, 0.3) is 0 Å². The minimum atomic E-state index is 0. The van der Waals surface area contributed by atoms with E-state index in [0.29, 0.717) is 18.7 Å². The summed E-state index contributed by atoms with van der Waals surface area (Å²) in [5, 5.41) is 10.0.